The molecule has 1 aromatic rings. The van der Waals surface area contributed by atoms with Gasteiger partial charge in [-0.25, -0.2) is 8.42 Å². The van der Waals surface area contributed by atoms with Gasteiger partial charge in [0.15, 0.2) is 9.84 Å². The minimum atomic E-state index is -3.25. The summed E-state index contributed by atoms with van der Waals surface area (Å²) in [6.07, 6.45) is 0. The van der Waals surface area contributed by atoms with Gasteiger partial charge in [0.05, 0.1) is 10.6 Å². The first-order valence-corrected chi connectivity index (χ1v) is 6.82. The number of benzene rings is 1. The van der Waals surface area contributed by atoms with Crippen LogP contribution in [-0.4, -0.2) is 31.9 Å². The predicted molar refractivity (Wildman–Crippen MR) is 70.5 cm³/mol. The smallest absolute Gasteiger partial charge is 0.179 e. The summed E-state index contributed by atoms with van der Waals surface area (Å²) in [7, 11) is -3.25. The van der Waals surface area contributed by atoms with Crippen molar-refractivity contribution in [2.75, 3.05) is 12.3 Å². The predicted octanol–water partition coefficient (Wildman–Crippen LogP) is 1.59. The summed E-state index contributed by atoms with van der Waals surface area (Å²) in [5.74, 6) is 0.134. The maximum absolute atomic E-state index is 11.8. The second kappa shape index (κ2) is 6.83. The molecule has 0 unspecified atom stereocenters. The second-order valence-corrected chi connectivity index (χ2v) is 6.03. The molecule has 0 spiro atoms. The average Bonchev–Trinajstić information content (AvgIpc) is 2.17. The quantitative estimate of drug-likeness (QED) is 0.859. The lowest BCUT2D eigenvalue weighted by Crippen LogP contribution is -2.28. The molecule has 0 atom stereocenters. The third-order valence-electron chi connectivity index (χ3n) is 2.12. The van der Waals surface area contributed by atoms with Crippen molar-refractivity contribution in [1.82, 2.24) is 5.32 Å². The third-order valence-corrected chi connectivity index (χ3v) is 3.85. The molecular weight excluding hydrogens is 262 g/mol. The summed E-state index contributed by atoms with van der Waals surface area (Å²) in [5.41, 5.74) is 0. The van der Waals surface area contributed by atoms with Crippen LogP contribution in [0, 0.1) is 0 Å². The number of phenols is 1. The highest BCUT2D eigenvalue weighted by Gasteiger charge is 2.13. The number of halogens is 1. The van der Waals surface area contributed by atoms with Crippen LogP contribution < -0.4 is 5.32 Å². The van der Waals surface area contributed by atoms with Gasteiger partial charge >= 0.3 is 0 Å². The van der Waals surface area contributed by atoms with Crippen LogP contribution in [0.2, 0.25) is 0 Å². The maximum atomic E-state index is 11.8. The fourth-order valence-corrected chi connectivity index (χ4v) is 2.43. The molecule has 0 aliphatic rings. The zero-order valence-corrected chi connectivity index (χ0v) is 11.5. The van der Waals surface area contributed by atoms with Crippen molar-refractivity contribution in [2.24, 2.45) is 0 Å². The Kier molecular flexibility index (Phi) is 6.52. The van der Waals surface area contributed by atoms with E-state index in [4.69, 9.17) is 5.11 Å². The monoisotopic (exact) mass is 279 g/mol. The van der Waals surface area contributed by atoms with Gasteiger partial charge in [0.2, 0.25) is 0 Å². The third kappa shape index (κ3) is 5.39. The minimum Gasteiger partial charge on any atom is -0.508 e. The second-order valence-electron chi connectivity index (χ2n) is 3.92. The number of hydrogen-bond donors (Lipinski definition) is 2. The van der Waals surface area contributed by atoms with Crippen molar-refractivity contribution in [3.8, 4) is 5.75 Å². The molecule has 0 saturated heterocycles. The molecule has 2 N–H and O–H groups in total. The molecular formula is C11H18ClNO3S. The Labute approximate surface area is 108 Å². The number of phenolic OH excluding ortho intramolecular Hbond substituents is 1. The molecule has 0 heterocycles. The van der Waals surface area contributed by atoms with Crippen molar-refractivity contribution >= 4 is 22.2 Å². The van der Waals surface area contributed by atoms with Crippen molar-refractivity contribution in [3.05, 3.63) is 24.3 Å². The zero-order chi connectivity index (χ0) is 12.2. The molecule has 0 saturated carbocycles. The van der Waals surface area contributed by atoms with Crippen LogP contribution in [0.4, 0.5) is 0 Å². The van der Waals surface area contributed by atoms with E-state index in [2.05, 4.69) is 5.32 Å². The Morgan fingerprint density at radius 3 is 2.24 bits per heavy atom. The number of hydrogen-bond acceptors (Lipinski definition) is 4. The van der Waals surface area contributed by atoms with E-state index in [9.17, 15) is 8.42 Å². The van der Waals surface area contributed by atoms with E-state index in [-0.39, 0.29) is 34.8 Å². The van der Waals surface area contributed by atoms with Gasteiger partial charge in [-0.3, -0.25) is 0 Å². The lowest BCUT2D eigenvalue weighted by molar-refractivity contribution is 0.475. The topological polar surface area (TPSA) is 66.4 Å². The highest BCUT2D eigenvalue weighted by molar-refractivity contribution is 7.91. The Bertz CT molecular complexity index is 429. The number of aromatic hydroxyl groups is 1. The van der Waals surface area contributed by atoms with E-state index in [1.54, 1.807) is 0 Å². The van der Waals surface area contributed by atoms with E-state index in [0.29, 0.717) is 6.54 Å². The van der Waals surface area contributed by atoms with Gasteiger partial charge < -0.3 is 10.4 Å². The average molecular weight is 280 g/mol. The van der Waals surface area contributed by atoms with Crippen LogP contribution >= 0.6 is 12.4 Å². The SMILES string of the molecule is CC(C)NCCS(=O)(=O)c1ccc(O)cc1.Cl. The fourth-order valence-electron chi connectivity index (χ4n) is 1.25. The highest BCUT2D eigenvalue weighted by atomic mass is 35.5. The Hall–Kier alpha value is -0.780. The van der Waals surface area contributed by atoms with E-state index < -0.39 is 9.84 Å². The van der Waals surface area contributed by atoms with Gasteiger partial charge in [-0.2, -0.15) is 0 Å². The Morgan fingerprint density at radius 1 is 1.24 bits per heavy atom. The van der Waals surface area contributed by atoms with Gasteiger partial charge in [0.25, 0.3) is 0 Å². The highest BCUT2D eigenvalue weighted by Crippen LogP contribution is 2.15. The Morgan fingerprint density at radius 2 is 1.76 bits per heavy atom. The van der Waals surface area contributed by atoms with Crippen molar-refractivity contribution in [3.63, 3.8) is 0 Å². The van der Waals surface area contributed by atoms with Crippen LogP contribution in [0.15, 0.2) is 29.2 Å². The van der Waals surface area contributed by atoms with Gasteiger partial charge in [-0.05, 0) is 24.3 Å². The summed E-state index contributed by atoms with van der Waals surface area (Å²) < 4.78 is 23.6. The van der Waals surface area contributed by atoms with Crippen LogP contribution in [0.3, 0.4) is 0 Å². The molecule has 0 aliphatic heterocycles. The molecule has 0 amide bonds. The van der Waals surface area contributed by atoms with Gasteiger partial charge in [-0.1, -0.05) is 13.8 Å². The maximum Gasteiger partial charge on any atom is 0.179 e. The summed E-state index contributed by atoms with van der Waals surface area (Å²) in [5, 5.41) is 12.1. The van der Waals surface area contributed by atoms with Crippen molar-refractivity contribution in [1.29, 1.82) is 0 Å². The zero-order valence-electron chi connectivity index (χ0n) is 9.88. The van der Waals surface area contributed by atoms with E-state index in [0.717, 1.165) is 0 Å². The fraction of sp³-hybridized carbons (Fsp3) is 0.455. The van der Waals surface area contributed by atoms with Crippen LogP contribution in [0.5, 0.6) is 5.75 Å². The van der Waals surface area contributed by atoms with Crippen molar-refractivity contribution in [2.45, 2.75) is 24.8 Å². The molecule has 17 heavy (non-hydrogen) atoms. The summed E-state index contributed by atoms with van der Waals surface area (Å²) in [6.45, 7) is 4.36. The first-order chi connectivity index (χ1) is 7.42. The van der Waals surface area contributed by atoms with Crippen LogP contribution in [-0.2, 0) is 9.84 Å². The summed E-state index contributed by atoms with van der Waals surface area (Å²) in [4.78, 5) is 0.246. The minimum absolute atomic E-state index is 0. The molecule has 98 valence electrons. The Balaban J connectivity index is 0.00000256. The summed E-state index contributed by atoms with van der Waals surface area (Å²) >= 11 is 0. The first kappa shape index (κ1) is 16.2. The lowest BCUT2D eigenvalue weighted by Gasteiger charge is -2.08. The summed E-state index contributed by atoms with van der Waals surface area (Å²) in [6, 6.07) is 5.86. The van der Waals surface area contributed by atoms with Crippen molar-refractivity contribution < 1.29 is 13.5 Å². The van der Waals surface area contributed by atoms with Gasteiger partial charge in [-0.15, -0.1) is 12.4 Å². The van der Waals surface area contributed by atoms with E-state index in [1.807, 2.05) is 13.8 Å². The molecule has 0 radical (unpaired) electrons. The molecule has 0 aromatic heterocycles. The van der Waals surface area contributed by atoms with Crippen LogP contribution in [0.25, 0.3) is 0 Å². The molecule has 6 heteroatoms. The number of rotatable bonds is 5. The first-order valence-electron chi connectivity index (χ1n) is 5.17. The molecule has 0 fully saturated rings. The normalized spacial score (nSPS) is 11.2. The molecule has 0 bridgehead atoms. The van der Waals surface area contributed by atoms with Crippen LogP contribution in [0.1, 0.15) is 13.8 Å². The largest absolute Gasteiger partial charge is 0.508 e. The van der Waals surface area contributed by atoms with Gasteiger partial charge in [0.1, 0.15) is 5.75 Å². The molecule has 1 rings (SSSR count). The molecule has 1 aromatic carbocycles. The lowest BCUT2D eigenvalue weighted by atomic mass is 10.3. The standard InChI is InChI=1S/C11H17NO3S.ClH/c1-9(2)12-7-8-16(14,15)11-5-3-10(13)4-6-11;/h3-6,9,12-13H,7-8H2,1-2H3;1H. The van der Waals surface area contributed by atoms with Gasteiger partial charge in [0, 0.05) is 12.6 Å². The number of sulfone groups is 1. The van der Waals surface area contributed by atoms with E-state index >= 15 is 0 Å². The van der Waals surface area contributed by atoms with E-state index in [1.165, 1.54) is 24.3 Å². The number of nitrogens with one attached hydrogen (secondary N) is 1. The molecule has 0 aliphatic carbocycles. The molecule has 4 nitrogen and oxygen atoms in total.